The van der Waals surface area contributed by atoms with Gasteiger partial charge in [0.1, 0.15) is 11.3 Å². The third-order valence-electron chi connectivity index (χ3n) is 3.20. The molecule has 110 valence electrons. The van der Waals surface area contributed by atoms with Gasteiger partial charge >= 0.3 is 5.97 Å². The lowest BCUT2D eigenvalue weighted by atomic mass is 10.2. The zero-order valence-electron chi connectivity index (χ0n) is 11.3. The normalized spacial score (nSPS) is 16.1. The summed E-state index contributed by atoms with van der Waals surface area (Å²) in [7, 11) is 1.54. The average molecular weight is 282 g/mol. The van der Waals surface area contributed by atoms with Crippen molar-refractivity contribution in [2.45, 2.75) is 0 Å². The van der Waals surface area contributed by atoms with E-state index in [2.05, 4.69) is 15.3 Å². The largest absolute Gasteiger partial charge is 0.478 e. The van der Waals surface area contributed by atoms with E-state index in [4.69, 9.17) is 9.84 Å². The van der Waals surface area contributed by atoms with E-state index < -0.39 is 11.9 Å². The highest BCUT2D eigenvalue weighted by Gasteiger charge is 2.21. The van der Waals surface area contributed by atoms with Gasteiger partial charge in [-0.1, -0.05) is 0 Å². The molecule has 0 saturated carbocycles. The molecule has 1 aromatic heterocycles. The van der Waals surface area contributed by atoms with Crippen molar-refractivity contribution < 1.29 is 19.4 Å². The van der Waals surface area contributed by atoms with Gasteiger partial charge in [0.25, 0.3) is 5.91 Å². The van der Waals surface area contributed by atoms with E-state index in [0.717, 1.165) is 19.6 Å². The van der Waals surface area contributed by atoms with Gasteiger partial charge < -0.3 is 15.2 Å². The summed E-state index contributed by atoms with van der Waals surface area (Å²) >= 11 is 0. The van der Waals surface area contributed by atoms with Crippen LogP contribution in [0.15, 0.2) is 6.20 Å². The number of ether oxygens (including phenoxy) is 1. The number of nitrogens with zero attached hydrogens (tertiary/aromatic N) is 3. The van der Waals surface area contributed by atoms with Crippen LogP contribution in [0, 0.1) is 0 Å². The molecule has 0 unspecified atom stereocenters. The quantitative estimate of drug-likeness (QED) is 0.732. The first-order chi connectivity index (χ1) is 9.59. The summed E-state index contributed by atoms with van der Waals surface area (Å²) in [6, 6.07) is 0. The second-order valence-electron chi connectivity index (χ2n) is 4.55. The lowest BCUT2D eigenvalue weighted by Crippen LogP contribution is -2.41. The van der Waals surface area contributed by atoms with Crippen molar-refractivity contribution in [1.82, 2.24) is 20.0 Å². The number of rotatable bonds is 5. The van der Waals surface area contributed by atoms with Crippen LogP contribution in [-0.2, 0) is 11.8 Å². The summed E-state index contributed by atoms with van der Waals surface area (Å²) in [5.41, 5.74) is -0.0177. The first-order valence-electron chi connectivity index (χ1n) is 6.43. The Morgan fingerprint density at radius 1 is 1.45 bits per heavy atom. The Morgan fingerprint density at radius 3 is 2.80 bits per heavy atom. The topological polar surface area (TPSA) is 96.7 Å². The zero-order chi connectivity index (χ0) is 14.5. The highest BCUT2D eigenvalue weighted by molar-refractivity contribution is 6.03. The first kappa shape index (κ1) is 14.5. The smallest absolute Gasteiger partial charge is 0.339 e. The fourth-order valence-electron chi connectivity index (χ4n) is 2.10. The number of nitrogens with one attached hydrogen (secondary N) is 1. The lowest BCUT2D eigenvalue weighted by molar-refractivity contribution is 0.0383. The van der Waals surface area contributed by atoms with Gasteiger partial charge in [0.2, 0.25) is 0 Å². The van der Waals surface area contributed by atoms with Gasteiger partial charge in [0.15, 0.2) is 0 Å². The van der Waals surface area contributed by atoms with Crippen LogP contribution in [0.4, 0.5) is 0 Å². The van der Waals surface area contributed by atoms with Crippen LogP contribution >= 0.6 is 0 Å². The van der Waals surface area contributed by atoms with Crippen molar-refractivity contribution in [2.75, 3.05) is 39.4 Å². The molecule has 8 nitrogen and oxygen atoms in total. The number of aromatic carboxylic acids is 1. The average Bonchev–Trinajstić information content (AvgIpc) is 2.82. The highest BCUT2D eigenvalue weighted by Crippen LogP contribution is 2.07. The molecule has 20 heavy (non-hydrogen) atoms. The molecule has 8 heteroatoms. The predicted molar refractivity (Wildman–Crippen MR) is 69.8 cm³/mol. The van der Waals surface area contributed by atoms with E-state index in [0.29, 0.717) is 19.8 Å². The van der Waals surface area contributed by atoms with Gasteiger partial charge in [-0.05, 0) is 0 Å². The molecule has 1 aliphatic rings. The van der Waals surface area contributed by atoms with E-state index in [1.807, 2.05) is 0 Å². The van der Waals surface area contributed by atoms with Crippen molar-refractivity contribution in [3.8, 4) is 0 Å². The number of carboxylic acids is 1. The summed E-state index contributed by atoms with van der Waals surface area (Å²) in [6.07, 6.45) is 1.18. The Labute approximate surface area is 116 Å². The molecule has 0 aromatic carbocycles. The van der Waals surface area contributed by atoms with E-state index >= 15 is 0 Å². The number of amides is 1. The van der Waals surface area contributed by atoms with E-state index in [1.165, 1.54) is 10.9 Å². The molecule has 2 rings (SSSR count). The number of carboxylic acid groups (broad SMARTS) is 1. The number of carbonyl (C=O) groups excluding carboxylic acids is 1. The second kappa shape index (κ2) is 6.49. The molecule has 2 N–H and O–H groups in total. The monoisotopic (exact) mass is 282 g/mol. The summed E-state index contributed by atoms with van der Waals surface area (Å²) in [6.45, 7) is 4.29. The van der Waals surface area contributed by atoms with Crippen LogP contribution < -0.4 is 5.32 Å². The molecule has 1 aliphatic heterocycles. The maximum absolute atomic E-state index is 12.0. The van der Waals surface area contributed by atoms with E-state index in [-0.39, 0.29) is 11.3 Å². The number of carbonyl (C=O) groups is 2. The molecule has 1 saturated heterocycles. The Kier molecular flexibility index (Phi) is 4.70. The van der Waals surface area contributed by atoms with Crippen molar-refractivity contribution in [3.05, 3.63) is 17.5 Å². The molecule has 2 heterocycles. The van der Waals surface area contributed by atoms with Crippen molar-refractivity contribution in [2.24, 2.45) is 7.05 Å². The summed E-state index contributed by atoms with van der Waals surface area (Å²) in [5, 5.41) is 15.5. The molecule has 0 spiro atoms. The number of morpholine rings is 1. The molecule has 1 fully saturated rings. The standard InChI is InChI=1S/C12H18N4O4/c1-15-10(9(8-14-15)12(18)19)11(17)13-2-3-16-4-6-20-7-5-16/h8H,2-7H2,1H3,(H,13,17)(H,18,19). The maximum Gasteiger partial charge on any atom is 0.339 e. The van der Waals surface area contributed by atoms with Gasteiger partial charge in [-0.25, -0.2) is 4.79 Å². The predicted octanol–water partition coefficient (Wildman–Crippen LogP) is -0.820. The number of aryl methyl sites for hydroxylation is 1. The Morgan fingerprint density at radius 2 is 2.15 bits per heavy atom. The fourth-order valence-corrected chi connectivity index (χ4v) is 2.10. The van der Waals surface area contributed by atoms with Crippen LogP contribution in [0.2, 0.25) is 0 Å². The molecule has 0 radical (unpaired) electrons. The van der Waals surface area contributed by atoms with Gasteiger partial charge in [-0.2, -0.15) is 5.10 Å². The van der Waals surface area contributed by atoms with Gasteiger partial charge in [-0.3, -0.25) is 14.4 Å². The van der Waals surface area contributed by atoms with Crippen molar-refractivity contribution in [3.63, 3.8) is 0 Å². The molecule has 1 aromatic rings. The molecule has 0 bridgehead atoms. The van der Waals surface area contributed by atoms with Gasteiger partial charge in [0, 0.05) is 33.2 Å². The van der Waals surface area contributed by atoms with E-state index in [1.54, 1.807) is 7.05 Å². The van der Waals surface area contributed by atoms with Crippen molar-refractivity contribution >= 4 is 11.9 Å². The minimum absolute atomic E-state index is 0.0690. The summed E-state index contributed by atoms with van der Waals surface area (Å²) in [4.78, 5) is 25.2. The number of aromatic nitrogens is 2. The lowest BCUT2D eigenvalue weighted by Gasteiger charge is -2.26. The molecular weight excluding hydrogens is 264 g/mol. The summed E-state index contributed by atoms with van der Waals surface area (Å²) < 4.78 is 6.51. The van der Waals surface area contributed by atoms with Crippen LogP contribution in [0.3, 0.4) is 0 Å². The number of hydrogen-bond donors (Lipinski definition) is 2. The fraction of sp³-hybridized carbons (Fsp3) is 0.583. The first-order valence-corrected chi connectivity index (χ1v) is 6.43. The van der Waals surface area contributed by atoms with Gasteiger partial charge in [0.05, 0.1) is 19.4 Å². The van der Waals surface area contributed by atoms with Gasteiger partial charge in [-0.15, -0.1) is 0 Å². The summed E-state index contributed by atoms with van der Waals surface area (Å²) in [5.74, 6) is -1.58. The highest BCUT2D eigenvalue weighted by atomic mass is 16.5. The number of hydrogen-bond acceptors (Lipinski definition) is 5. The van der Waals surface area contributed by atoms with E-state index in [9.17, 15) is 9.59 Å². The SMILES string of the molecule is Cn1ncc(C(=O)O)c1C(=O)NCCN1CCOCC1. The zero-order valence-corrected chi connectivity index (χ0v) is 11.3. The second-order valence-corrected chi connectivity index (χ2v) is 4.55. The Bertz CT molecular complexity index is 494. The van der Waals surface area contributed by atoms with Crippen LogP contribution in [0.1, 0.15) is 20.8 Å². The minimum Gasteiger partial charge on any atom is -0.478 e. The Balaban J connectivity index is 1.88. The maximum atomic E-state index is 12.0. The van der Waals surface area contributed by atoms with Crippen LogP contribution in [0.25, 0.3) is 0 Å². The third-order valence-corrected chi connectivity index (χ3v) is 3.20. The molecule has 1 amide bonds. The van der Waals surface area contributed by atoms with Crippen molar-refractivity contribution in [1.29, 1.82) is 0 Å². The van der Waals surface area contributed by atoms with Crippen LogP contribution in [-0.4, -0.2) is 71.1 Å². The minimum atomic E-state index is -1.16. The molecular formula is C12H18N4O4. The third kappa shape index (κ3) is 3.34. The molecule has 0 aliphatic carbocycles. The van der Waals surface area contributed by atoms with Crippen LogP contribution in [0.5, 0.6) is 0 Å². The Hall–Kier alpha value is -1.93. The molecule has 0 atom stereocenters.